The molecule has 0 bridgehead atoms. The lowest BCUT2D eigenvalue weighted by molar-refractivity contribution is -0.171. The van der Waals surface area contributed by atoms with Gasteiger partial charge in [0.15, 0.2) is 0 Å². The van der Waals surface area contributed by atoms with Crippen molar-refractivity contribution in [1.82, 2.24) is 0 Å². The summed E-state index contributed by atoms with van der Waals surface area (Å²) in [6.45, 7) is 9.55. The molecule has 0 aliphatic heterocycles. The SMILES string of the molecule is CC[C@@H](C)[C@H]1C=C[C@H]2[C@H](O)[C@H](OC(=O)/C=C(\C)CC(=O)O)C[C@@H](C)[C@@H]2[C@@]1(C)C(=O)CCO. The lowest BCUT2D eigenvalue weighted by Crippen LogP contribution is -2.58. The van der Waals surface area contributed by atoms with E-state index in [4.69, 9.17) is 9.84 Å². The van der Waals surface area contributed by atoms with Gasteiger partial charge < -0.3 is 20.1 Å². The number of carbonyl (C=O) groups is 3. The van der Waals surface area contributed by atoms with Gasteiger partial charge in [-0.2, -0.15) is 0 Å². The number of rotatable bonds is 9. The number of hydrogen-bond acceptors (Lipinski definition) is 6. The summed E-state index contributed by atoms with van der Waals surface area (Å²) in [6, 6.07) is 0. The number of hydrogen-bond donors (Lipinski definition) is 3. The highest BCUT2D eigenvalue weighted by atomic mass is 16.6. The van der Waals surface area contributed by atoms with Crippen LogP contribution in [0.25, 0.3) is 0 Å². The number of carboxylic acids is 1. The van der Waals surface area contributed by atoms with Crippen LogP contribution in [0.15, 0.2) is 23.8 Å². The van der Waals surface area contributed by atoms with Gasteiger partial charge in [-0.1, -0.05) is 51.8 Å². The molecule has 0 saturated heterocycles. The van der Waals surface area contributed by atoms with Crippen LogP contribution in [0, 0.1) is 35.0 Å². The minimum Gasteiger partial charge on any atom is -0.481 e. The summed E-state index contributed by atoms with van der Waals surface area (Å²) in [6.07, 6.45) is 4.59. The Kier molecular flexibility index (Phi) is 8.82. The minimum atomic E-state index is -1.03. The average molecular weight is 451 g/mol. The predicted molar refractivity (Wildman–Crippen MR) is 120 cm³/mol. The van der Waals surface area contributed by atoms with Crippen LogP contribution in [-0.4, -0.2) is 51.9 Å². The van der Waals surface area contributed by atoms with Gasteiger partial charge in [0.2, 0.25) is 0 Å². The quantitative estimate of drug-likeness (QED) is 0.280. The summed E-state index contributed by atoms with van der Waals surface area (Å²) < 4.78 is 5.53. The summed E-state index contributed by atoms with van der Waals surface area (Å²) >= 11 is 0. The number of Topliss-reactive ketones (excluding diaryl/α,β-unsaturated/α-hetero) is 1. The molecule has 8 atom stereocenters. The smallest absolute Gasteiger partial charge is 0.331 e. The first-order chi connectivity index (χ1) is 15.0. The monoisotopic (exact) mass is 450 g/mol. The fourth-order valence-electron chi connectivity index (χ4n) is 5.96. The second-order valence-electron chi connectivity index (χ2n) is 9.82. The molecule has 180 valence electrons. The Balaban J connectivity index is 2.32. The van der Waals surface area contributed by atoms with Crippen LogP contribution < -0.4 is 0 Å². The Hall–Kier alpha value is -1.99. The van der Waals surface area contributed by atoms with Crippen molar-refractivity contribution in [1.29, 1.82) is 0 Å². The van der Waals surface area contributed by atoms with Crippen molar-refractivity contribution in [2.24, 2.45) is 35.0 Å². The van der Waals surface area contributed by atoms with E-state index in [0.717, 1.165) is 12.5 Å². The number of ether oxygens (including phenoxy) is 1. The average Bonchev–Trinajstić information content (AvgIpc) is 2.70. The molecular formula is C25H38O7. The first kappa shape index (κ1) is 26.3. The number of fused-ring (bicyclic) bond motifs is 1. The van der Waals surface area contributed by atoms with E-state index in [1.807, 2.05) is 26.0 Å². The van der Waals surface area contributed by atoms with Crippen LogP contribution in [0.2, 0.25) is 0 Å². The Bertz CT molecular complexity index is 770. The number of aliphatic hydroxyl groups is 2. The molecule has 0 heterocycles. The van der Waals surface area contributed by atoms with E-state index in [-0.39, 0.29) is 54.8 Å². The Morgan fingerprint density at radius 1 is 1.28 bits per heavy atom. The zero-order valence-electron chi connectivity index (χ0n) is 19.8. The molecule has 3 N–H and O–H groups in total. The van der Waals surface area contributed by atoms with Gasteiger partial charge in [0.1, 0.15) is 11.9 Å². The van der Waals surface area contributed by atoms with Gasteiger partial charge in [-0.05, 0) is 37.0 Å². The molecule has 0 radical (unpaired) electrons. The standard InChI is InChI=1S/C25H38O7/c1-6-15(3)18-8-7-17-23(25(18,5)20(27)9-10-26)16(4)13-19(24(17)31)32-22(30)12-14(2)11-21(28)29/h7-8,12,15-19,23-24,26,31H,6,9-11,13H2,1-5H3,(H,28,29)/b14-12+/t15-,16-,17-,18-,19-,23+,24+,25-/m1/s1. The summed E-state index contributed by atoms with van der Waals surface area (Å²) in [7, 11) is 0. The highest BCUT2D eigenvalue weighted by Crippen LogP contribution is 2.56. The zero-order valence-corrected chi connectivity index (χ0v) is 19.8. The van der Waals surface area contributed by atoms with Crippen LogP contribution in [0.1, 0.15) is 60.3 Å². The highest BCUT2D eigenvalue weighted by Gasteiger charge is 2.57. The van der Waals surface area contributed by atoms with Gasteiger partial charge in [0.05, 0.1) is 12.5 Å². The molecule has 7 nitrogen and oxygen atoms in total. The molecule has 32 heavy (non-hydrogen) atoms. The van der Waals surface area contributed by atoms with Crippen molar-refractivity contribution >= 4 is 17.7 Å². The molecular weight excluding hydrogens is 412 g/mol. The van der Waals surface area contributed by atoms with Crippen molar-refractivity contribution in [2.45, 2.75) is 72.5 Å². The molecule has 7 heteroatoms. The first-order valence-electron chi connectivity index (χ1n) is 11.6. The predicted octanol–water partition coefficient (Wildman–Crippen LogP) is 3.14. The summed E-state index contributed by atoms with van der Waals surface area (Å²) in [5.41, 5.74) is -0.361. The van der Waals surface area contributed by atoms with E-state index in [2.05, 4.69) is 13.8 Å². The lowest BCUT2D eigenvalue weighted by Gasteiger charge is -2.55. The highest BCUT2D eigenvalue weighted by molar-refractivity contribution is 5.86. The Morgan fingerprint density at radius 3 is 2.50 bits per heavy atom. The lowest BCUT2D eigenvalue weighted by atomic mass is 9.49. The number of aliphatic carboxylic acids is 1. The van der Waals surface area contributed by atoms with Crippen molar-refractivity contribution in [3.05, 3.63) is 23.8 Å². The second-order valence-corrected chi connectivity index (χ2v) is 9.82. The van der Waals surface area contributed by atoms with Gasteiger partial charge in [0.25, 0.3) is 0 Å². The molecule has 0 aromatic heterocycles. The van der Waals surface area contributed by atoms with Crippen LogP contribution in [0.5, 0.6) is 0 Å². The van der Waals surface area contributed by atoms with E-state index in [9.17, 15) is 24.6 Å². The largest absolute Gasteiger partial charge is 0.481 e. The van der Waals surface area contributed by atoms with Crippen LogP contribution in [0.3, 0.4) is 0 Å². The maximum Gasteiger partial charge on any atom is 0.331 e. The molecule has 0 amide bonds. The van der Waals surface area contributed by atoms with E-state index >= 15 is 0 Å². The van der Waals surface area contributed by atoms with E-state index < -0.39 is 29.6 Å². The van der Waals surface area contributed by atoms with Crippen molar-refractivity contribution < 1.29 is 34.4 Å². The number of allylic oxidation sites excluding steroid dienone is 1. The minimum absolute atomic E-state index is 0.00292. The third kappa shape index (κ3) is 5.31. The molecule has 0 aromatic rings. The van der Waals surface area contributed by atoms with Crippen molar-refractivity contribution in [3.63, 3.8) is 0 Å². The molecule has 2 rings (SSSR count). The Morgan fingerprint density at radius 2 is 1.94 bits per heavy atom. The molecule has 0 aromatic carbocycles. The zero-order chi connectivity index (χ0) is 24.2. The van der Waals surface area contributed by atoms with Gasteiger partial charge in [-0.3, -0.25) is 9.59 Å². The van der Waals surface area contributed by atoms with Crippen molar-refractivity contribution in [3.8, 4) is 0 Å². The molecule has 1 fully saturated rings. The molecule has 2 aliphatic rings. The molecule has 1 saturated carbocycles. The maximum absolute atomic E-state index is 13.3. The maximum atomic E-state index is 13.3. The number of esters is 1. The third-order valence-electron chi connectivity index (χ3n) is 7.59. The second kappa shape index (κ2) is 10.8. The fourth-order valence-corrected chi connectivity index (χ4v) is 5.96. The van der Waals surface area contributed by atoms with Gasteiger partial charge in [-0.15, -0.1) is 0 Å². The van der Waals surface area contributed by atoms with Gasteiger partial charge >= 0.3 is 11.9 Å². The third-order valence-corrected chi connectivity index (χ3v) is 7.59. The van der Waals surface area contributed by atoms with Crippen molar-refractivity contribution in [2.75, 3.05) is 6.61 Å². The summed E-state index contributed by atoms with van der Waals surface area (Å²) in [5.74, 6) is -1.93. The summed E-state index contributed by atoms with van der Waals surface area (Å²) in [5, 5.41) is 29.4. The van der Waals surface area contributed by atoms with E-state index in [1.165, 1.54) is 0 Å². The number of ketones is 1. The first-order valence-corrected chi connectivity index (χ1v) is 11.6. The van der Waals surface area contributed by atoms with E-state index in [1.54, 1.807) is 6.92 Å². The number of carbonyl (C=O) groups excluding carboxylic acids is 2. The topological polar surface area (TPSA) is 121 Å². The van der Waals surface area contributed by atoms with E-state index in [0.29, 0.717) is 12.0 Å². The van der Waals surface area contributed by atoms with Crippen LogP contribution in [0.4, 0.5) is 0 Å². The molecule has 2 aliphatic carbocycles. The van der Waals surface area contributed by atoms with Gasteiger partial charge in [-0.25, -0.2) is 4.79 Å². The fraction of sp³-hybridized carbons (Fsp3) is 0.720. The number of carboxylic acid groups (broad SMARTS) is 1. The molecule has 0 spiro atoms. The Labute approximate surface area is 190 Å². The summed E-state index contributed by atoms with van der Waals surface area (Å²) in [4.78, 5) is 36.4. The number of aliphatic hydroxyl groups excluding tert-OH is 2. The van der Waals surface area contributed by atoms with Crippen LogP contribution >= 0.6 is 0 Å². The normalized spacial score (nSPS) is 35.7. The van der Waals surface area contributed by atoms with Crippen LogP contribution in [-0.2, 0) is 19.1 Å². The van der Waals surface area contributed by atoms with Gasteiger partial charge in [0, 0.05) is 30.4 Å². The molecule has 0 unspecified atom stereocenters.